The Kier molecular flexibility index (Phi) is 3.92. The van der Waals surface area contributed by atoms with E-state index in [1.54, 1.807) is 16.3 Å². The molecule has 0 unspecified atom stereocenters. The molecule has 1 N–H and O–H groups in total. The lowest BCUT2D eigenvalue weighted by molar-refractivity contribution is 0.102. The molecule has 0 radical (unpaired) electrons. The molecule has 0 saturated heterocycles. The van der Waals surface area contributed by atoms with Gasteiger partial charge in [0.05, 0.1) is 18.4 Å². The molecular weight excluding hydrogens is 326 g/mol. The van der Waals surface area contributed by atoms with Crippen LogP contribution in [0.15, 0.2) is 48.1 Å². The number of amides is 1. The Bertz CT molecular complexity index is 857. The van der Waals surface area contributed by atoms with Crippen molar-refractivity contribution in [1.82, 2.24) is 9.78 Å². The van der Waals surface area contributed by atoms with E-state index in [-0.39, 0.29) is 5.91 Å². The second kappa shape index (κ2) is 6.37. The molecule has 2 aromatic heterocycles. The van der Waals surface area contributed by atoms with Crippen molar-refractivity contribution < 1.29 is 14.3 Å². The predicted molar refractivity (Wildman–Crippen MR) is 91.0 cm³/mol. The quantitative estimate of drug-likeness (QED) is 0.792. The summed E-state index contributed by atoms with van der Waals surface area (Å²) in [5.41, 5.74) is 1.80. The third-order valence-corrected chi connectivity index (χ3v) is 4.52. The molecule has 0 saturated carbocycles. The van der Waals surface area contributed by atoms with E-state index in [2.05, 4.69) is 10.4 Å². The summed E-state index contributed by atoms with van der Waals surface area (Å²) in [4.78, 5) is 13.0. The molecule has 0 atom stereocenters. The van der Waals surface area contributed by atoms with Gasteiger partial charge in [-0.05, 0) is 5.56 Å². The molecule has 1 aliphatic heterocycles. The number of carbonyl (C=O) groups excluding carboxylic acids is 1. The summed E-state index contributed by atoms with van der Waals surface area (Å²) in [7, 11) is 0. The number of anilines is 1. The lowest BCUT2D eigenvalue weighted by Crippen LogP contribution is -2.17. The second-order valence-electron chi connectivity index (χ2n) is 5.32. The van der Waals surface area contributed by atoms with E-state index in [1.807, 2.05) is 36.5 Å². The fraction of sp³-hybridized carbons (Fsp3) is 0.176. The minimum absolute atomic E-state index is 0.217. The zero-order valence-corrected chi connectivity index (χ0v) is 13.6. The summed E-state index contributed by atoms with van der Waals surface area (Å²) in [5.74, 6) is 0.947. The molecule has 7 heteroatoms. The van der Waals surface area contributed by atoms with Crippen LogP contribution in [-0.4, -0.2) is 28.9 Å². The fourth-order valence-corrected chi connectivity index (χ4v) is 3.32. The number of nitrogens with zero attached hydrogens (tertiary/aromatic N) is 2. The van der Waals surface area contributed by atoms with Crippen molar-refractivity contribution in [2.24, 2.45) is 0 Å². The maximum atomic E-state index is 12.4. The molecule has 3 heterocycles. The van der Waals surface area contributed by atoms with Crippen LogP contribution in [0.2, 0.25) is 0 Å². The molecule has 0 bridgehead atoms. The Morgan fingerprint density at radius 1 is 1.25 bits per heavy atom. The molecular formula is C17H15N3O3S. The molecule has 0 aliphatic carbocycles. The summed E-state index contributed by atoms with van der Waals surface area (Å²) in [5, 5.41) is 8.93. The Morgan fingerprint density at radius 3 is 2.96 bits per heavy atom. The summed E-state index contributed by atoms with van der Waals surface area (Å²) in [6, 6.07) is 10.0. The smallest absolute Gasteiger partial charge is 0.269 e. The highest BCUT2D eigenvalue weighted by Crippen LogP contribution is 2.39. The van der Waals surface area contributed by atoms with E-state index in [1.165, 1.54) is 11.3 Å². The lowest BCUT2D eigenvalue weighted by atomic mass is 10.2. The Balaban J connectivity index is 1.46. The van der Waals surface area contributed by atoms with Gasteiger partial charge in [-0.3, -0.25) is 9.48 Å². The number of aromatic nitrogens is 2. The van der Waals surface area contributed by atoms with Gasteiger partial charge in [-0.1, -0.05) is 30.3 Å². The van der Waals surface area contributed by atoms with Gasteiger partial charge < -0.3 is 14.8 Å². The average molecular weight is 341 g/mol. The summed E-state index contributed by atoms with van der Waals surface area (Å²) in [6.45, 7) is 1.62. The monoisotopic (exact) mass is 341 g/mol. The number of hydrogen-bond donors (Lipinski definition) is 1. The molecule has 4 rings (SSSR count). The molecule has 122 valence electrons. The van der Waals surface area contributed by atoms with Crippen molar-refractivity contribution in [1.29, 1.82) is 0 Å². The molecule has 1 aliphatic rings. The first-order valence-electron chi connectivity index (χ1n) is 7.54. The number of thiophene rings is 1. The highest BCUT2D eigenvalue weighted by atomic mass is 32.1. The van der Waals surface area contributed by atoms with Gasteiger partial charge in [-0.2, -0.15) is 5.10 Å². The van der Waals surface area contributed by atoms with Crippen LogP contribution in [0.1, 0.15) is 15.2 Å². The first kappa shape index (κ1) is 14.8. The summed E-state index contributed by atoms with van der Waals surface area (Å²) in [6.07, 6.45) is 3.45. The summed E-state index contributed by atoms with van der Waals surface area (Å²) >= 11 is 1.31. The van der Waals surface area contributed by atoms with Crippen molar-refractivity contribution in [3.05, 3.63) is 58.5 Å². The molecule has 3 aromatic rings. The van der Waals surface area contributed by atoms with E-state index < -0.39 is 0 Å². The van der Waals surface area contributed by atoms with Gasteiger partial charge in [-0.15, -0.1) is 11.3 Å². The Hall–Kier alpha value is -2.80. The second-order valence-corrected chi connectivity index (χ2v) is 6.20. The van der Waals surface area contributed by atoms with E-state index in [9.17, 15) is 4.79 Å². The van der Waals surface area contributed by atoms with Crippen LogP contribution in [0, 0.1) is 0 Å². The topological polar surface area (TPSA) is 65.4 Å². The maximum absolute atomic E-state index is 12.4. The minimum Gasteiger partial charge on any atom is -0.485 e. The third-order valence-electron chi connectivity index (χ3n) is 3.59. The number of hydrogen-bond acceptors (Lipinski definition) is 5. The van der Waals surface area contributed by atoms with Crippen molar-refractivity contribution in [3.8, 4) is 11.5 Å². The third kappa shape index (κ3) is 2.98. The van der Waals surface area contributed by atoms with Gasteiger partial charge in [0, 0.05) is 11.6 Å². The molecule has 24 heavy (non-hydrogen) atoms. The molecule has 0 spiro atoms. The van der Waals surface area contributed by atoms with Gasteiger partial charge in [0.2, 0.25) is 0 Å². The standard InChI is InChI=1S/C17H15N3O3S/c21-17(16-15-14(11-24-16)22-6-7-23-15)19-13-8-18-20(10-13)9-12-4-2-1-3-5-12/h1-5,8,10-11H,6-7,9H2,(H,19,21). The number of rotatable bonds is 4. The minimum atomic E-state index is -0.217. The van der Waals surface area contributed by atoms with Gasteiger partial charge in [-0.25, -0.2) is 0 Å². The lowest BCUT2D eigenvalue weighted by Gasteiger charge is -2.15. The van der Waals surface area contributed by atoms with E-state index in [0.29, 0.717) is 41.8 Å². The Morgan fingerprint density at radius 2 is 2.08 bits per heavy atom. The van der Waals surface area contributed by atoms with Crippen LogP contribution >= 0.6 is 11.3 Å². The zero-order chi connectivity index (χ0) is 16.4. The van der Waals surface area contributed by atoms with Crippen LogP contribution < -0.4 is 14.8 Å². The van der Waals surface area contributed by atoms with Crippen LogP contribution in [0.25, 0.3) is 0 Å². The average Bonchev–Trinajstić information content (AvgIpc) is 3.22. The number of fused-ring (bicyclic) bond motifs is 1. The number of nitrogens with one attached hydrogen (secondary N) is 1. The van der Waals surface area contributed by atoms with E-state index >= 15 is 0 Å². The van der Waals surface area contributed by atoms with Crippen molar-refractivity contribution >= 4 is 22.9 Å². The first-order chi connectivity index (χ1) is 11.8. The van der Waals surface area contributed by atoms with Crippen LogP contribution in [0.3, 0.4) is 0 Å². The maximum Gasteiger partial charge on any atom is 0.269 e. The highest BCUT2D eigenvalue weighted by molar-refractivity contribution is 7.13. The van der Waals surface area contributed by atoms with E-state index in [4.69, 9.17) is 9.47 Å². The fourth-order valence-electron chi connectivity index (χ4n) is 2.49. The van der Waals surface area contributed by atoms with Crippen LogP contribution in [0.4, 0.5) is 5.69 Å². The zero-order valence-electron chi connectivity index (χ0n) is 12.8. The normalized spacial score (nSPS) is 12.8. The van der Waals surface area contributed by atoms with E-state index in [0.717, 1.165) is 5.56 Å². The molecule has 1 amide bonds. The van der Waals surface area contributed by atoms with Crippen LogP contribution in [-0.2, 0) is 6.54 Å². The molecule has 6 nitrogen and oxygen atoms in total. The molecule has 1 aromatic carbocycles. The highest BCUT2D eigenvalue weighted by Gasteiger charge is 2.23. The SMILES string of the molecule is O=C(Nc1cnn(Cc2ccccc2)c1)c1scc2c1OCCO2. The van der Waals surface area contributed by atoms with Crippen molar-refractivity contribution in [2.75, 3.05) is 18.5 Å². The van der Waals surface area contributed by atoms with Crippen LogP contribution in [0.5, 0.6) is 11.5 Å². The van der Waals surface area contributed by atoms with Gasteiger partial charge in [0.25, 0.3) is 5.91 Å². The Labute approximate surface area is 142 Å². The summed E-state index contributed by atoms with van der Waals surface area (Å²) < 4.78 is 12.8. The van der Waals surface area contributed by atoms with Gasteiger partial charge in [0.1, 0.15) is 18.1 Å². The first-order valence-corrected chi connectivity index (χ1v) is 8.42. The van der Waals surface area contributed by atoms with Gasteiger partial charge in [0.15, 0.2) is 11.5 Å². The number of benzene rings is 1. The van der Waals surface area contributed by atoms with Crippen molar-refractivity contribution in [2.45, 2.75) is 6.54 Å². The van der Waals surface area contributed by atoms with Gasteiger partial charge >= 0.3 is 0 Å². The molecule has 0 fully saturated rings. The largest absolute Gasteiger partial charge is 0.485 e. The van der Waals surface area contributed by atoms with Crippen molar-refractivity contribution in [3.63, 3.8) is 0 Å². The number of ether oxygens (including phenoxy) is 2. The number of carbonyl (C=O) groups is 1. The predicted octanol–water partition coefficient (Wildman–Crippen LogP) is 3.02.